The number of rotatable bonds is 7. The average molecular weight is 382 g/mol. The van der Waals surface area contributed by atoms with Gasteiger partial charge in [-0.2, -0.15) is 0 Å². The van der Waals surface area contributed by atoms with Crippen LogP contribution in [0.25, 0.3) is 4.85 Å². The fraction of sp³-hybridized carbons (Fsp3) is 0.579. The van der Waals surface area contributed by atoms with Gasteiger partial charge in [0.05, 0.1) is 17.5 Å². The lowest BCUT2D eigenvalue weighted by atomic mass is 9.93. The summed E-state index contributed by atoms with van der Waals surface area (Å²) in [6.07, 6.45) is 0.851. The highest BCUT2D eigenvalue weighted by Gasteiger charge is 2.37. The number of carboxylic acid groups (broad SMARTS) is 1. The Morgan fingerprint density at radius 1 is 1.40 bits per heavy atom. The van der Waals surface area contributed by atoms with Crippen molar-refractivity contribution in [3.63, 3.8) is 0 Å². The molecule has 0 saturated heterocycles. The predicted octanol–water partition coefficient (Wildman–Crippen LogP) is 5.85. The molecule has 4 nitrogen and oxygen atoms in total. The lowest BCUT2D eigenvalue weighted by Gasteiger charge is -2.36. The fourth-order valence-electron chi connectivity index (χ4n) is 2.27. The molecule has 6 heteroatoms. The minimum atomic E-state index is -1.88. The van der Waals surface area contributed by atoms with Gasteiger partial charge >= 0.3 is 5.97 Å². The van der Waals surface area contributed by atoms with Crippen molar-refractivity contribution in [2.45, 2.75) is 58.7 Å². The number of aliphatic carboxylic acids is 1. The van der Waals surface area contributed by atoms with E-state index in [0.717, 1.165) is 11.1 Å². The van der Waals surface area contributed by atoms with Crippen LogP contribution in [0.5, 0.6) is 0 Å². The minimum absolute atomic E-state index is 0.103. The maximum Gasteiger partial charge on any atom is 0.306 e. The molecule has 0 saturated carbocycles. The Balaban J connectivity index is 2.82. The molecule has 0 amide bonds. The Morgan fingerprint density at radius 3 is 2.48 bits per heavy atom. The van der Waals surface area contributed by atoms with E-state index >= 15 is 0 Å². The van der Waals surface area contributed by atoms with Gasteiger partial charge in [-0.05, 0) is 49.0 Å². The smallest absolute Gasteiger partial charge is 0.306 e. The number of benzene rings is 1. The summed E-state index contributed by atoms with van der Waals surface area (Å²) in [6.45, 7) is 20.2. The van der Waals surface area contributed by atoms with Crippen molar-refractivity contribution in [1.29, 1.82) is 0 Å². The second kappa shape index (κ2) is 8.35. The van der Waals surface area contributed by atoms with E-state index in [2.05, 4.69) is 38.7 Å². The maximum absolute atomic E-state index is 11.6. The second-order valence-electron chi connectivity index (χ2n) is 7.93. The highest BCUT2D eigenvalue weighted by Crippen LogP contribution is 2.37. The Bertz CT molecular complexity index is 674. The van der Waals surface area contributed by atoms with Crippen molar-refractivity contribution in [2.75, 3.05) is 6.61 Å². The van der Waals surface area contributed by atoms with Crippen LogP contribution in [0.4, 0.5) is 5.69 Å². The van der Waals surface area contributed by atoms with Gasteiger partial charge in [-0.15, -0.1) is 0 Å². The standard InChI is InChI=1S/C19H28ClNO3Si/c1-13-14(8-9-16(21-5)17(13)20)12-15(18(22)23)10-11-24-25(6,7)19(2,3)4/h8-9,15H,10-12H2,1-4,6-7H3,(H,22,23)/t15-/m0/s1. The van der Waals surface area contributed by atoms with Crippen LogP contribution < -0.4 is 0 Å². The van der Waals surface area contributed by atoms with Crippen LogP contribution in [0.15, 0.2) is 12.1 Å². The number of hydrogen-bond acceptors (Lipinski definition) is 2. The number of nitrogens with zero attached hydrogens (tertiary/aromatic N) is 1. The molecular formula is C19H28ClNO3Si. The maximum atomic E-state index is 11.6. The van der Waals surface area contributed by atoms with E-state index in [-0.39, 0.29) is 5.04 Å². The van der Waals surface area contributed by atoms with E-state index in [0.29, 0.717) is 30.2 Å². The van der Waals surface area contributed by atoms with Gasteiger partial charge in [0, 0.05) is 6.61 Å². The van der Waals surface area contributed by atoms with Crippen LogP contribution in [0.2, 0.25) is 23.2 Å². The Hall–Kier alpha value is -1.35. The zero-order valence-corrected chi connectivity index (χ0v) is 17.7. The first kappa shape index (κ1) is 21.7. The number of hydrogen-bond donors (Lipinski definition) is 1. The summed E-state index contributed by atoms with van der Waals surface area (Å²) in [6, 6.07) is 3.46. The van der Waals surface area contributed by atoms with Crippen LogP contribution in [0.1, 0.15) is 38.3 Å². The van der Waals surface area contributed by atoms with Crippen molar-refractivity contribution in [1.82, 2.24) is 0 Å². The molecule has 0 bridgehead atoms. The molecule has 0 heterocycles. The molecule has 0 aliphatic carbocycles. The van der Waals surface area contributed by atoms with Gasteiger partial charge in [-0.3, -0.25) is 4.79 Å². The quantitative estimate of drug-likeness (QED) is 0.475. The zero-order valence-electron chi connectivity index (χ0n) is 15.9. The number of carboxylic acids is 1. The average Bonchev–Trinajstić information content (AvgIpc) is 2.49. The highest BCUT2D eigenvalue weighted by molar-refractivity contribution is 6.74. The molecule has 1 aromatic rings. The molecule has 0 fully saturated rings. The van der Waals surface area contributed by atoms with E-state index in [1.54, 1.807) is 12.1 Å². The first-order valence-electron chi connectivity index (χ1n) is 8.43. The van der Waals surface area contributed by atoms with Gasteiger partial charge in [0.15, 0.2) is 8.32 Å². The third kappa shape index (κ3) is 5.57. The van der Waals surface area contributed by atoms with Gasteiger partial charge in [0.25, 0.3) is 0 Å². The van der Waals surface area contributed by atoms with E-state index in [1.165, 1.54) is 0 Å². The van der Waals surface area contributed by atoms with Crippen LogP contribution >= 0.6 is 11.6 Å². The molecular weight excluding hydrogens is 354 g/mol. The molecule has 1 rings (SSSR count). The van der Waals surface area contributed by atoms with Gasteiger partial charge < -0.3 is 9.53 Å². The van der Waals surface area contributed by atoms with E-state index in [9.17, 15) is 9.90 Å². The van der Waals surface area contributed by atoms with Crippen molar-refractivity contribution >= 4 is 31.6 Å². The molecule has 0 aliphatic rings. The Morgan fingerprint density at radius 2 is 2.00 bits per heavy atom. The molecule has 1 N–H and O–H groups in total. The molecule has 0 radical (unpaired) electrons. The molecule has 0 unspecified atom stereocenters. The van der Waals surface area contributed by atoms with Crippen LogP contribution in [0.3, 0.4) is 0 Å². The third-order valence-electron chi connectivity index (χ3n) is 5.15. The minimum Gasteiger partial charge on any atom is -0.481 e. The first-order chi connectivity index (χ1) is 11.4. The molecule has 1 atom stereocenters. The fourth-order valence-corrected chi connectivity index (χ4v) is 3.56. The summed E-state index contributed by atoms with van der Waals surface area (Å²) < 4.78 is 6.11. The molecule has 0 spiro atoms. The summed E-state index contributed by atoms with van der Waals surface area (Å²) in [5.41, 5.74) is 2.06. The lowest BCUT2D eigenvalue weighted by molar-refractivity contribution is -0.142. The van der Waals surface area contributed by atoms with Gasteiger partial charge in [0.1, 0.15) is 0 Å². The highest BCUT2D eigenvalue weighted by atomic mass is 35.5. The topological polar surface area (TPSA) is 50.9 Å². The molecule has 138 valence electrons. The van der Waals surface area contributed by atoms with Crippen LogP contribution in [-0.4, -0.2) is 26.0 Å². The van der Waals surface area contributed by atoms with Crippen molar-refractivity contribution in [2.24, 2.45) is 5.92 Å². The van der Waals surface area contributed by atoms with Crippen molar-refractivity contribution in [3.8, 4) is 0 Å². The molecule has 1 aromatic carbocycles. The second-order valence-corrected chi connectivity index (χ2v) is 13.1. The Kier molecular flexibility index (Phi) is 7.25. The zero-order chi connectivity index (χ0) is 19.4. The van der Waals surface area contributed by atoms with E-state index in [1.807, 2.05) is 6.92 Å². The van der Waals surface area contributed by atoms with Gasteiger partial charge in [-0.1, -0.05) is 44.5 Å². The SMILES string of the molecule is [C-]#[N+]c1ccc(C[C@H](CCO[Si](C)(C)C(C)(C)C)C(=O)O)c(C)c1Cl. The van der Waals surface area contributed by atoms with Gasteiger partial charge in [-0.25, -0.2) is 4.85 Å². The monoisotopic (exact) mass is 381 g/mol. The summed E-state index contributed by atoms with van der Waals surface area (Å²) in [7, 11) is -1.88. The van der Waals surface area contributed by atoms with Crippen LogP contribution in [0, 0.1) is 19.4 Å². The first-order valence-corrected chi connectivity index (χ1v) is 11.7. The van der Waals surface area contributed by atoms with E-state index < -0.39 is 20.2 Å². The number of carbonyl (C=O) groups is 1. The van der Waals surface area contributed by atoms with E-state index in [4.69, 9.17) is 22.6 Å². The largest absolute Gasteiger partial charge is 0.481 e. The van der Waals surface area contributed by atoms with Crippen molar-refractivity contribution < 1.29 is 14.3 Å². The van der Waals surface area contributed by atoms with Gasteiger partial charge in [0.2, 0.25) is 5.69 Å². The molecule has 0 aliphatic heterocycles. The lowest BCUT2D eigenvalue weighted by Crippen LogP contribution is -2.41. The summed E-state index contributed by atoms with van der Waals surface area (Å²) in [5, 5.41) is 10.1. The molecule has 25 heavy (non-hydrogen) atoms. The third-order valence-corrected chi connectivity index (χ3v) is 10.2. The summed E-state index contributed by atoms with van der Waals surface area (Å²) in [4.78, 5) is 15.0. The number of halogens is 1. The Labute approximate surface area is 157 Å². The predicted molar refractivity (Wildman–Crippen MR) is 105 cm³/mol. The van der Waals surface area contributed by atoms with Crippen LogP contribution in [-0.2, 0) is 15.6 Å². The summed E-state index contributed by atoms with van der Waals surface area (Å²) >= 11 is 6.20. The molecule has 0 aromatic heterocycles. The summed E-state index contributed by atoms with van der Waals surface area (Å²) in [5.74, 6) is -1.36. The normalized spacial score (nSPS) is 13.4. The van der Waals surface area contributed by atoms with Crippen molar-refractivity contribution in [3.05, 3.63) is 39.7 Å².